The zero-order valence-electron chi connectivity index (χ0n) is 13.0. The molecular formula is C18H17N3O3. The van der Waals surface area contributed by atoms with E-state index in [0.29, 0.717) is 0 Å². The van der Waals surface area contributed by atoms with Gasteiger partial charge in [0.1, 0.15) is 6.17 Å². The van der Waals surface area contributed by atoms with Crippen molar-refractivity contribution in [2.45, 2.75) is 25.0 Å². The van der Waals surface area contributed by atoms with E-state index >= 15 is 0 Å². The van der Waals surface area contributed by atoms with E-state index in [4.69, 9.17) is 0 Å². The number of nitrogens with zero attached hydrogens (tertiary/aromatic N) is 3. The van der Waals surface area contributed by atoms with Crippen LogP contribution in [0.5, 0.6) is 0 Å². The molecule has 2 saturated heterocycles. The molecule has 122 valence electrons. The average Bonchev–Trinajstić information content (AvgIpc) is 3.18. The predicted octanol–water partition coefficient (Wildman–Crippen LogP) is 3.10. The fourth-order valence-corrected chi connectivity index (χ4v) is 3.74. The second-order valence-corrected chi connectivity index (χ2v) is 6.16. The van der Waals surface area contributed by atoms with Gasteiger partial charge in [-0.25, -0.2) is 0 Å². The van der Waals surface area contributed by atoms with Gasteiger partial charge >= 0.3 is 0 Å². The molecule has 0 unspecified atom stereocenters. The summed E-state index contributed by atoms with van der Waals surface area (Å²) in [6, 6.07) is 16.0. The maximum Gasteiger partial charge on any atom is 0.269 e. The average molecular weight is 323 g/mol. The second kappa shape index (κ2) is 5.72. The summed E-state index contributed by atoms with van der Waals surface area (Å²) in [6.45, 7) is 0.862. The molecule has 6 heteroatoms. The molecule has 2 fully saturated rings. The summed E-state index contributed by atoms with van der Waals surface area (Å²) in [7, 11) is 0. The van der Waals surface area contributed by atoms with Crippen molar-refractivity contribution < 1.29 is 9.72 Å². The Morgan fingerprint density at radius 2 is 1.75 bits per heavy atom. The van der Waals surface area contributed by atoms with Crippen molar-refractivity contribution in [3.63, 3.8) is 0 Å². The fraction of sp³-hybridized carbons (Fsp3) is 0.278. The molecule has 6 nitrogen and oxygen atoms in total. The first-order valence-electron chi connectivity index (χ1n) is 8.05. The normalized spacial score (nSPS) is 23.5. The van der Waals surface area contributed by atoms with E-state index in [1.54, 1.807) is 12.1 Å². The number of carbonyl (C=O) groups excluding carboxylic acids is 1. The van der Waals surface area contributed by atoms with Gasteiger partial charge < -0.3 is 0 Å². The lowest BCUT2D eigenvalue weighted by Crippen LogP contribution is -2.32. The Kier molecular flexibility index (Phi) is 3.54. The van der Waals surface area contributed by atoms with Crippen LogP contribution in [0.1, 0.15) is 24.6 Å². The van der Waals surface area contributed by atoms with E-state index in [1.807, 2.05) is 35.2 Å². The SMILES string of the molecule is O=C1[C@@H]2CCCN2[C@H](c2ccc([N+](=O)[O-])cc2)N1c1ccccc1. The van der Waals surface area contributed by atoms with Gasteiger partial charge in [-0.2, -0.15) is 0 Å². The number of fused-ring (bicyclic) bond motifs is 1. The van der Waals surface area contributed by atoms with Crippen LogP contribution in [0.2, 0.25) is 0 Å². The Labute approximate surface area is 139 Å². The van der Waals surface area contributed by atoms with Crippen LogP contribution in [0.15, 0.2) is 54.6 Å². The summed E-state index contributed by atoms with van der Waals surface area (Å²) >= 11 is 0. The van der Waals surface area contributed by atoms with Gasteiger partial charge in [-0.05, 0) is 42.7 Å². The molecule has 2 aliphatic heterocycles. The highest BCUT2D eigenvalue weighted by Gasteiger charge is 2.49. The molecule has 0 spiro atoms. The molecule has 0 aromatic heterocycles. The van der Waals surface area contributed by atoms with Crippen LogP contribution in [0.25, 0.3) is 0 Å². The van der Waals surface area contributed by atoms with E-state index in [2.05, 4.69) is 4.90 Å². The topological polar surface area (TPSA) is 66.7 Å². The molecule has 2 heterocycles. The Bertz CT molecular complexity index is 776. The van der Waals surface area contributed by atoms with Crippen molar-refractivity contribution in [3.05, 3.63) is 70.3 Å². The lowest BCUT2D eigenvalue weighted by molar-refractivity contribution is -0.384. The third kappa shape index (κ3) is 2.27. The third-order valence-corrected chi connectivity index (χ3v) is 4.81. The maximum atomic E-state index is 12.9. The van der Waals surface area contributed by atoms with Crippen molar-refractivity contribution in [2.24, 2.45) is 0 Å². The first kappa shape index (κ1) is 14.8. The van der Waals surface area contributed by atoms with E-state index in [0.717, 1.165) is 30.6 Å². The van der Waals surface area contributed by atoms with Gasteiger partial charge in [-0.1, -0.05) is 18.2 Å². The van der Waals surface area contributed by atoms with Gasteiger partial charge in [0.15, 0.2) is 0 Å². The zero-order valence-corrected chi connectivity index (χ0v) is 13.0. The highest BCUT2D eigenvalue weighted by Crippen LogP contribution is 2.42. The van der Waals surface area contributed by atoms with Crippen molar-refractivity contribution in [1.29, 1.82) is 0 Å². The number of rotatable bonds is 3. The maximum absolute atomic E-state index is 12.9. The van der Waals surface area contributed by atoms with Gasteiger partial charge in [-0.15, -0.1) is 0 Å². The molecule has 0 saturated carbocycles. The zero-order chi connectivity index (χ0) is 16.7. The van der Waals surface area contributed by atoms with Crippen LogP contribution in [-0.4, -0.2) is 28.3 Å². The predicted molar refractivity (Wildman–Crippen MR) is 89.5 cm³/mol. The van der Waals surface area contributed by atoms with E-state index in [-0.39, 0.29) is 23.8 Å². The summed E-state index contributed by atoms with van der Waals surface area (Å²) in [5.41, 5.74) is 1.83. The summed E-state index contributed by atoms with van der Waals surface area (Å²) in [5.74, 6) is 0.113. The number of benzene rings is 2. The van der Waals surface area contributed by atoms with Crippen LogP contribution in [0, 0.1) is 10.1 Å². The van der Waals surface area contributed by atoms with Gasteiger partial charge in [0.25, 0.3) is 5.69 Å². The van der Waals surface area contributed by atoms with Gasteiger partial charge in [0, 0.05) is 24.4 Å². The molecule has 0 aliphatic carbocycles. The lowest BCUT2D eigenvalue weighted by Gasteiger charge is -2.29. The molecule has 24 heavy (non-hydrogen) atoms. The van der Waals surface area contributed by atoms with Crippen LogP contribution >= 0.6 is 0 Å². The van der Waals surface area contributed by atoms with Crippen molar-refractivity contribution in [1.82, 2.24) is 4.90 Å². The van der Waals surface area contributed by atoms with E-state index < -0.39 is 4.92 Å². The molecule has 2 atom stereocenters. The van der Waals surface area contributed by atoms with Gasteiger partial charge in [0.2, 0.25) is 5.91 Å². The molecule has 0 bridgehead atoms. The second-order valence-electron chi connectivity index (χ2n) is 6.16. The van der Waals surface area contributed by atoms with Gasteiger partial charge in [-0.3, -0.25) is 24.7 Å². The van der Waals surface area contributed by atoms with E-state index in [9.17, 15) is 14.9 Å². The van der Waals surface area contributed by atoms with Crippen LogP contribution in [0.4, 0.5) is 11.4 Å². The van der Waals surface area contributed by atoms with Crippen LogP contribution in [-0.2, 0) is 4.79 Å². The molecular weight excluding hydrogens is 306 g/mol. The van der Waals surface area contributed by atoms with Crippen LogP contribution < -0.4 is 4.90 Å². The Morgan fingerprint density at radius 1 is 1.04 bits per heavy atom. The number of hydrogen-bond donors (Lipinski definition) is 0. The highest BCUT2D eigenvalue weighted by molar-refractivity contribution is 6.00. The Balaban J connectivity index is 1.77. The molecule has 4 rings (SSSR count). The number of non-ortho nitro benzene ring substituents is 1. The smallest absolute Gasteiger partial charge is 0.269 e. The molecule has 0 N–H and O–H groups in total. The first-order chi connectivity index (χ1) is 11.7. The largest absolute Gasteiger partial charge is 0.291 e. The van der Waals surface area contributed by atoms with E-state index in [1.165, 1.54) is 12.1 Å². The number of hydrogen-bond acceptors (Lipinski definition) is 4. The number of anilines is 1. The van der Waals surface area contributed by atoms with Crippen molar-refractivity contribution in [3.8, 4) is 0 Å². The summed E-state index contributed by atoms with van der Waals surface area (Å²) in [4.78, 5) is 27.4. The minimum Gasteiger partial charge on any atom is -0.291 e. The number of para-hydroxylation sites is 1. The Morgan fingerprint density at radius 3 is 2.42 bits per heavy atom. The minimum absolute atomic E-state index is 0.0623. The Hall–Kier alpha value is -2.73. The molecule has 2 aliphatic rings. The summed E-state index contributed by atoms with van der Waals surface area (Å²) in [6.07, 6.45) is 1.67. The minimum atomic E-state index is -0.406. The third-order valence-electron chi connectivity index (χ3n) is 4.81. The first-order valence-corrected chi connectivity index (χ1v) is 8.05. The quantitative estimate of drug-likeness (QED) is 0.643. The number of nitro groups is 1. The number of carbonyl (C=O) groups is 1. The molecule has 2 aromatic rings. The molecule has 2 aromatic carbocycles. The standard InChI is InChI=1S/C18H17N3O3/c22-18-16-7-4-12-19(16)17(20(18)14-5-2-1-3-6-14)13-8-10-15(11-9-13)21(23)24/h1-3,5-6,8-11,16-17H,4,7,12H2/t16-,17-/m0/s1. The summed E-state index contributed by atoms with van der Waals surface area (Å²) < 4.78 is 0. The lowest BCUT2D eigenvalue weighted by atomic mass is 10.1. The summed E-state index contributed by atoms with van der Waals surface area (Å²) in [5, 5.41) is 10.9. The monoisotopic (exact) mass is 323 g/mol. The van der Waals surface area contributed by atoms with Crippen molar-refractivity contribution in [2.75, 3.05) is 11.4 Å². The number of amides is 1. The molecule has 1 amide bonds. The fourth-order valence-electron chi connectivity index (χ4n) is 3.74. The highest BCUT2D eigenvalue weighted by atomic mass is 16.6. The molecule has 0 radical (unpaired) electrons. The van der Waals surface area contributed by atoms with Crippen molar-refractivity contribution >= 4 is 17.3 Å². The van der Waals surface area contributed by atoms with Gasteiger partial charge in [0.05, 0.1) is 11.0 Å². The number of nitro benzene ring substituents is 1. The van der Waals surface area contributed by atoms with Crippen LogP contribution in [0.3, 0.4) is 0 Å².